The highest BCUT2D eigenvalue weighted by molar-refractivity contribution is 7.80. The maximum atomic E-state index is 12.6. The lowest BCUT2D eigenvalue weighted by atomic mass is 10.2. The molecule has 2 aliphatic rings. The number of carbonyl (C=O) groups is 2. The van der Waals surface area contributed by atoms with Crippen molar-refractivity contribution in [1.29, 1.82) is 0 Å². The molecule has 1 aromatic carbocycles. The molecule has 0 unspecified atom stereocenters. The van der Waals surface area contributed by atoms with Gasteiger partial charge in [0.15, 0.2) is 0 Å². The van der Waals surface area contributed by atoms with Crippen molar-refractivity contribution in [3.8, 4) is 11.3 Å². The molecule has 0 N–H and O–H groups in total. The van der Waals surface area contributed by atoms with Crippen LogP contribution < -0.4 is 0 Å². The van der Waals surface area contributed by atoms with Crippen molar-refractivity contribution in [3.63, 3.8) is 0 Å². The zero-order valence-corrected chi connectivity index (χ0v) is 20.0. The van der Waals surface area contributed by atoms with E-state index >= 15 is 0 Å². The summed E-state index contributed by atoms with van der Waals surface area (Å²) in [4.78, 5) is 31.1. The summed E-state index contributed by atoms with van der Waals surface area (Å²) in [6.45, 7) is 6.33. The van der Waals surface area contributed by atoms with Crippen LogP contribution in [0.25, 0.3) is 11.3 Å². The Hall–Kier alpha value is -2.33. The van der Waals surface area contributed by atoms with Crippen LogP contribution >= 0.6 is 24.2 Å². The van der Waals surface area contributed by atoms with Crippen molar-refractivity contribution in [2.24, 2.45) is 5.10 Å². The van der Waals surface area contributed by atoms with Crippen molar-refractivity contribution in [3.05, 3.63) is 47.2 Å². The van der Waals surface area contributed by atoms with Gasteiger partial charge in [0, 0.05) is 55.6 Å². The number of piperazine rings is 1. The van der Waals surface area contributed by atoms with E-state index in [0.717, 1.165) is 57.0 Å². The van der Waals surface area contributed by atoms with E-state index in [4.69, 9.17) is 16.0 Å². The molecule has 8 nitrogen and oxygen atoms in total. The molecule has 4 rings (SSSR count). The van der Waals surface area contributed by atoms with E-state index in [2.05, 4.69) is 27.5 Å². The number of hydrogen-bond acceptors (Lipinski definition) is 7. The number of rotatable bonds is 9. The second-order valence-electron chi connectivity index (χ2n) is 8.10. The van der Waals surface area contributed by atoms with Gasteiger partial charge in [0.25, 0.3) is 5.91 Å². The second-order valence-corrected chi connectivity index (χ2v) is 8.98. The summed E-state index contributed by atoms with van der Waals surface area (Å²) in [5.74, 6) is 1.82. The number of benzene rings is 1. The highest BCUT2D eigenvalue weighted by atomic mass is 35.5. The lowest BCUT2D eigenvalue weighted by Gasteiger charge is -2.34. The second kappa shape index (κ2) is 11.2. The largest absolute Gasteiger partial charge is 0.455 e. The van der Waals surface area contributed by atoms with Gasteiger partial charge in [-0.3, -0.25) is 14.6 Å². The van der Waals surface area contributed by atoms with Crippen LogP contribution in [0.3, 0.4) is 0 Å². The van der Waals surface area contributed by atoms with Gasteiger partial charge < -0.3 is 9.32 Å². The summed E-state index contributed by atoms with van der Waals surface area (Å²) in [5.41, 5.74) is 0.890. The Labute approximate surface area is 204 Å². The van der Waals surface area contributed by atoms with Gasteiger partial charge in [-0.2, -0.15) is 17.7 Å². The van der Waals surface area contributed by atoms with Crippen molar-refractivity contribution >= 4 is 42.4 Å². The van der Waals surface area contributed by atoms with Crippen LogP contribution in [0.15, 0.2) is 45.9 Å². The molecule has 0 radical (unpaired) electrons. The van der Waals surface area contributed by atoms with Crippen LogP contribution in [0, 0.1) is 0 Å². The molecule has 176 valence electrons. The summed E-state index contributed by atoms with van der Waals surface area (Å²) >= 11 is 10.2. The molecular formula is C23H28ClN5O3S. The first-order valence-corrected chi connectivity index (χ1v) is 12.1. The summed E-state index contributed by atoms with van der Waals surface area (Å²) < 4.78 is 5.77. The third kappa shape index (κ3) is 6.17. The minimum absolute atomic E-state index is 0.0531. The number of hydrogen-bond donors (Lipinski definition) is 1. The van der Waals surface area contributed by atoms with Gasteiger partial charge >= 0.3 is 6.03 Å². The van der Waals surface area contributed by atoms with E-state index in [-0.39, 0.29) is 18.5 Å². The number of nitrogens with zero attached hydrogens (tertiary/aromatic N) is 5. The van der Waals surface area contributed by atoms with E-state index in [0.29, 0.717) is 23.1 Å². The fourth-order valence-corrected chi connectivity index (χ4v) is 4.39. The Balaban J connectivity index is 1.25. The molecular weight excluding hydrogens is 462 g/mol. The first-order valence-electron chi connectivity index (χ1n) is 11.1. The standard InChI is InChI=1S/C23H28ClN5O3S/c24-19-4-2-18(3-5-19)21-7-6-20(32-21)16-25-29-17-22(30)28(23(29)31)9-1-8-26-10-12-27(13-11-26)14-15-33/h2-7,16,33H,1,8-15,17H2/b25-16+. The number of imide groups is 1. The number of amides is 3. The summed E-state index contributed by atoms with van der Waals surface area (Å²) in [5, 5.41) is 6.02. The molecule has 2 aromatic rings. The average molecular weight is 490 g/mol. The van der Waals surface area contributed by atoms with E-state index < -0.39 is 0 Å². The summed E-state index contributed by atoms with van der Waals surface area (Å²) in [6, 6.07) is 10.5. The molecule has 0 bridgehead atoms. The first kappa shape index (κ1) is 23.8. The van der Waals surface area contributed by atoms with E-state index in [9.17, 15) is 9.59 Å². The number of carbonyl (C=O) groups excluding carboxylic acids is 2. The van der Waals surface area contributed by atoms with Gasteiger partial charge in [0.1, 0.15) is 18.1 Å². The van der Waals surface area contributed by atoms with Gasteiger partial charge in [-0.05, 0) is 49.4 Å². The predicted octanol–water partition coefficient (Wildman–Crippen LogP) is 3.14. The lowest BCUT2D eigenvalue weighted by Crippen LogP contribution is -2.47. The zero-order valence-electron chi connectivity index (χ0n) is 18.4. The van der Waals surface area contributed by atoms with Gasteiger partial charge in [0.05, 0.1) is 6.21 Å². The zero-order chi connectivity index (χ0) is 23.2. The maximum absolute atomic E-state index is 12.6. The normalized spacial score (nSPS) is 18.2. The number of hydrazone groups is 1. The number of urea groups is 1. The molecule has 0 saturated carbocycles. The maximum Gasteiger partial charge on any atom is 0.347 e. The Morgan fingerprint density at radius 2 is 1.67 bits per heavy atom. The summed E-state index contributed by atoms with van der Waals surface area (Å²) in [7, 11) is 0. The molecule has 0 spiro atoms. The van der Waals surface area contributed by atoms with Crippen molar-refractivity contribution < 1.29 is 14.0 Å². The Kier molecular flexibility index (Phi) is 8.08. The van der Waals surface area contributed by atoms with E-state index in [1.54, 1.807) is 18.2 Å². The SMILES string of the molecule is O=C1CN(/N=C/c2ccc(-c3ccc(Cl)cc3)o2)C(=O)N1CCCN1CCN(CCS)CC1. The van der Waals surface area contributed by atoms with E-state index in [1.165, 1.54) is 16.1 Å². The Morgan fingerprint density at radius 1 is 0.970 bits per heavy atom. The van der Waals surface area contributed by atoms with Crippen molar-refractivity contribution in [2.75, 3.05) is 58.1 Å². The smallest absolute Gasteiger partial charge is 0.347 e. The molecule has 3 heterocycles. The lowest BCUT2D eigenvalue weighted by molar-refractivity contribution is -0.125. The van der Waals surface area contributed by atoms with Crippen LogP contribution in [0.4, 0.5) is 4.79 Å². The third-order valence-electron chi connectivity index (χ3n) is 5.85. The monoisotopic (exact) mass is 489 g/mol. The third-order valence-corrected chi connectivity index (χ3v) is 6.31. The average Bonchev–Trinajstić information content (AvgIpc) is 3.39. The molecule has 1 aromatic heterocycles. The molecule has 0 atom stereocenters. The molecule has 33 heavy (non-hydrogen) atoms. The molecule has 10 heteroatoms. The summed E-state index contributed by atoms with van der Waals surface area (Å²) in [6.07, 6.45) is 2.21. The fourth-order valence-electron chi connectivity index (χ4n) is 3.99. The first-order chi connectivity index (χ1) is 16.0. The molecule has 2 aliphatic heterocycles. The van der Waals surface area contributed by atoms with Gasteiger partial charge in [-0.25, -0.2) is 9.80 Å². The van der Waals surface area contributed by atoms with E-state index in [1.807, 2.05) is 18.2 Å². The minimum Gasteiger partial charge on any atom is -0.455 e. The number of furan rings is 1. The topological polar surface area (TPSA) is 72.6 Å². The minimum atomic E-state index is -0.390. The highest BCUT2D eigenvalue weighted by Crippen LogP contribution is 2.23. The highest BCUT2D eigenvalue weighted by Gasteiger charge is 2.35. The van der Waals surface area contributed by atoms with Crippen LogP contribution in [0.2, 0.25) is 5.02 Å². The van der Waals surface area contributed by atoms with Crippen LogP contribution in [-0.2, 0) is 4.79 Å². The molecule has 2 saturated heterocycles. The van der Waals surface area contributed by atoms with Crippen LogP contribution in [0.1, 0.15) is 12.2 Å². The van der Waals surface area contributed by atoms with Gasteiger partial charge in [-0.1, -0.05) is 11.6 Å². The van der Waals surface area contributed by atoms with Gasteiger partial charge in [-0.15, -0.1) is 0 Å². The van der Waals surface area contributed by atoms with Gasteiger partial charge in [0.2, 0.25) is 0 Å². The number of halogens is 1. The fraction of sp³-hybridized carbons (Fsp3) is 0.435. The predicted molar refractivity (Wildman–Crippen MR) is 132 cm³/mol. The molecule has 2 fully saturated rings. The quantitative estimate of drug-likeness (QED) is 0.333. The van der Waals surface area contributed by atoms with Crippen molar-refractivity contribution in [1.82, 2.24) is 19.7 Å². The molecule has 0 aliphatic carbocycles. The van der Waals surface area contributed by atoms with Crippen molar-refractivity contribution in [2.45, 2.75) is 6.42 Å². The van der Waals surface area contributed by atoms with Crippen LogP contribution in [-0.4, -0.2) is 96.0 Å². The Bertz CT molecular complexity index is 988. The number of thiol groups is 1. The Morgan fingerprint density at radius 3 is 2.36 bits per heavy atom. The molecule has 3 amide bonds. The van der Waals surface area contributed by atoms with Crippen LogP contribution in [0.5, 0.6) is 0 Å².